The Kier molecular flexibility index (Phi) is 10.1. The zero-order valence-electron chi connectivity index (χ0n) is 13.5. The van der Waals surface area contributed by atoms with E-state index in [0.717, 1.165) is 48.9 Å². The van der Waals surface area contributed by atoms with Gasteiger partial charge in [-0.15, -0.1) is 0 Å². The summed E-state index contributed by atoms with van der Waals surface area (Å²) in [7, 11) is 0. The van der Waals surface area contributed by atoms with Crippen molar-refractivity contribution in [2.45, 2.75) is 46.5 Å². The second-order valence-corrected chi connectivity index (χ2v) is 5.51. The van der Waals surface area contributed by atoms with Crippen molar-refractivity contribution in [3.63, 3.8) is 0 Å². The summed E-state index contributed by atoms with van der Waals surface area (Å²) < 4.78 is 22.7. The summed E-state index contributed by atoms with van der Waals surface area (Å²) in [5, 5.41) is 2.75. The molecule has 0 amide bonds. The van der Waals surface area contributed by atoms with Gasteiger partial charge in [-0.2, -0.15) is 0 Å². The third kappa shape index (κ3) is 7.05. The summed E-state index contributed by atoms with van der Waals surface area (Å²) in [4.78, 5) is 0. The Hall–Kier alpha value is -0.940. The number of unbranched alkanes of at least 4 members (excludes halogenated alkanes) is 2. The number of rotatable bonds is 13. The molecule has 0 fully saturated rings. The Morgan fingerprint density at radius 1 is 0.857 bits per heavy atom. The third-order valence-electron chi connectivity index (χ3n) is 2.85. The summed E-state index contributed by atoms with van der Waals surface area (Å²) >= 11 is 1.52. The molecule has 0 saturated heterocycles. The average molecular weight is 316 g/mol. The largest absolute Gasteiger partial charge is 0.489 e. The molecule has 0 saturated carbocycles. The Bertz CT molecular complexity index is 365. The summed E-state index contributed by atoms with van der Waals surface area (Å²) in [5.74, 6) is 1.55. The molecule has 0 spiro atoms. The molecule has 1 heterocycles. The van der Waals surface area contributed by atoms with Gasteiger partial charge in [0.15, 0.2) is 5.75 Å². The molecule has 0 atom stereocenters. The van der Waals surface area contributed by atoms with Crippen LogP contribution in [0.3, 0.4) is 0 Å². The molecule has 0 aliphatic heterocycles. The van der Waals surface area contributed by atoms with Crippen molar-refractivity contribution in [1.29, 1.82) is 0 Å². The lowest BCUT2D eigenvalue weighted by atomic mass is 10.3. The van der Waals surface area contributed by atoms with Crippen molar-refractivity contribution in [3.05, 3.63) is 5.38 Å². The predicted octanol–water partition coefficient (Wildman–Crippen LogP) is 4.52. The van der Waals surface area contributed by atoms with Crippen LogP contribution in [0.1, 0.15) is 46.5 Å². The number of hydrogen-bond donors (Lipinski definition) is 0. The maximum atomic E-state index is 5.86. The fraction of sp³-hybridized carbons (Fsp3) is 0.750. The maximum absolute atomic E-state index is 5.86. The molecular formula is C16H28O4S. The first-order valence-corrected chi connectivity index (χ1v) is 8.79. The minimum absolute atomic E-state index is 0.535. The molecule has 21 heavy (non-hydrogen) atoms. The van der Waals surface area contributed by atoms with Gasteiger partial charge in [-0.3, -0.25) is 0 Å². The van der Waals surface area contributed by atoms with Gasteiger partial charge in [0.1, 0.15) is 6.61 Å². The van der Waals surface area contributed by atoms with Crippen LogP contribution < -0.4 is 14.2 Å². The maximum Gasteiger partial charge on any atom is 0.221 e. The van der Waals surface area contributed by atoms with Crippen LogP contribution in [0.15, 0.2) is 5.38 Å². The van der Waals surface area contributed by atoms with Gasteiger partial charge in [0.05, 0.1) is 19.8 Å². The lowest BCUT2D eigenvalue weighted by molar-refractivity contribution is 0.110. The summed E-state index contributed by atoms with van der Waals surface area (Å²) in [6, 6.07) is 0. The molecular weight excluding hydrogens is 288 g/mol. The van der Waals surface area contributed by atoms with Crippen LogP contribution in [0, 0.1) is 0 Å². The zero-order valence-corrected chi connectivity index (χ0v) is 14.3. The van der Waals surface area contributed by atoms with Crippen LogP contribution in [-0.2, 0) is 4.74 Å². The summed E-state index contributed by atoms with van der Waals surface area (Å²) in [5.41, 5.74) is 0. The second-order valence-electron chi connectivity index (χ2n) is 4.67. The molecule has 1 rings (SSSR count). The molecule has 0 radical (unpaired) electrons. The highest BCUT2D eigenvalue weighted by Crippen LogP contribution is 2.44. The van der Waals surface area contributed by atoms with E-state index in [1.54, 1.807) is 0 Å². The quantitative estimate of drug-likeness (QED) is 0.501. The van der Waals surface area contributed by atoms with E-state index < -0.39 is 0 Å². The van der Waals surface area contributed by atoms with E-state index in [4.69, 9.17) is 18.9 Å². The monoisotopic (exact) mass is 316 g/mol. The van der Waals surface area contributed by atoms with Crippen molar-refractivity contribution in [3.8, 4) is 16.6 Å². The fourth-order valence-corrected chi connectivity index (χ4v) is 2.43. The molecule has 0 N–H and O–H groups in total. The lowest BCUT2D eigenvalue weighted by Gasteiger charge is -2.11. The minimum Gasteiger partial charge on any atom is -0.489 e. The summed E-state index contributed by atoms with van der Waals surface area (Å²) in [6.45, 7) is 9.52. The Morgan fingerprint density at radius 2 is 1.57 bits per heavy atom. The second kappa shape index (κ2) is 11.7. The van der Waals surface area contributed by atoms with Gasteiger partial charge in [-0.1, -0.05) is 38.0 Å². The third-order valence-corrected chi connectivity index (χ3v) is 3.70. The van der Waals surface area contributed by atoms with Crippen molar-refractivity contribution >= 4 is 11.3 Å². The van der Waals surface area contributed by atoms with E-state index in [9.17, 15) is 0 Å². The van der Waals surface area contributed by atoms with Crippen LogP contribution in [-0.4, -0.2) is 33.0 Å². The summed E-state index contributed by atoms with van der Waals surface area (Å²) in [6.07, 6.45) is 4.30. The number of ether oxygens (including phenoxy) is 4. The minimum atomic E-state index is 0.535. The van der Waals surface area contributed by atoms with Crippen LogP contribution >= 0.6 is 11.3 Å². The molecule has 0 aromatic carbocycles. The van der Waals surface area contributed by atoms with E-state index in [1.807, 2.05) is 12.3 Å². The van der Waals surface area contributed by atoms with Crippen molar-refractivity contribution < 1.29 is 18.9 Å². The van der Waals surface area contributed by atoms with E-state index in [1.165, 1.54) is 11.3 Å². The van der Waals surface area contributed by atoms with Gasteiger partial charge in [-0.25, -0.2) is 0 Å². The first-order chi connectivity index (χ1) is 10.3. The normalized spacial score (nSPS) is 10.6. The van der Waals surface area contributed by atoms with Gasteiger partial charge in [0.25, 0.3) is 0 Å². The van der Waals surface area contributed by atoms with Gasteiger partial charge in [0.2, 0.25) is 10.8 Å². The van der Waals surface area contributed by atoms with E-state index in [0.29, 0.717) is 26.4 Å². The molecule has 0 aliphatic carbocycles. The van der Waals surface area contributed by atoms with Crippen LogP contribution in [0.5, 0.6) is 16.6 Å². The smallest absolute Gasteiger partial charge is 0.221 e. The first kappa shape index (κ1) is 18.1. The van der Waals surface area contributed by atoms with Gasteiger partial charge < -0.3 is 18.9 Å². The lowest BCUT2D eigenvalue weighted by Crippen LogP contribution is -2.07. The number of hydrogen-bond acceptors (Lipinski definition) is 5. The fourth-order valence-electron chi connectivity index (χ4n) is 1.63. The highest BCUT2D eigenvalue weighted by Gasteiger charge is 2.16. The molecule has 4 nitrogen and oxygen atoms in total. The Morgan fingerprint density at radius 3 is 2.24 bits per heavy atom. The SMILES string of the molecule is CCCCOc1csc(OCCOCC)c1OCCCC. The topological polar surface area (TPSA) is 36.9 Å². The van der Waals surface area contributed by atoms with Crippen molar-refractivity contribution in [2.24, 2.45) is 0 Å². The molecule has 1 aromatic rings. The highest BCUT2D eigenvalue weighted by atomic mass is 32.1. The predicted molar refractivity (Wildman–Crippen MR) is 87.1 cm³/mol. The molecule has 1 aromatic heterocycles. The molecule has 0 unspecified atom stereocenters. The standard InChI is InChI=1S/C16H28O4S/c1-4-7-9-18-14-13-21-16(20-12-11-17-6-3)15(14)19-10-8-5-2/h13H,4-12H2,1-3H3. The molecule has 0 bridgehead atoms. The van der Waals surface area contributed by atoms with Gasteiger partial charge in [0, 0.05) is 12.0 Å². The first-order valence-electron chi connectivity index (χ1n) is 7.91. The highest BCUT2D eigenvalue weighted by molar-refractivity contribution is 7.12. The van der Waals surface area contributed by atoms with Gasteiger partial charge in [-0.05, 0) is 19.8 Å². The van der Waals surface area contributed by atoms with Crippen molar-refractivity contribution in [2.75, 3.05) is 33.0 Å². The van der Waals surface area contributed by atoms with Crippen LogP contribution in [0.25, 0.3) is 0 Å². The van der Waals surface area contributed by atoms with E-state index in [-0.39, 0.29) is 0 Å². The van der Waals surface area contributed by atoms with Crippen molar-refractivity contribution in [1.82, 2.24) is 0 Å². The van der Waals surface area contributed by atoms with Crippen LogP contribution in [0.4, 0.5) is 0 Å². The Labute approximate surface area is 132 Å². The zero-order chi connectivity index (χ0) is 15.3. The van der Waals surface area contributed by atoms with Gasteiger partial charge >= 0.3 is 0 Å². The number of thiophene rings is 1. The molecule has 0 aliphatic rings. The molecule has 5 heteroatoms. The van der Waals surface area contributed by atoms with E-state index >= 15 is 0 Å². The average Bonchev–Trinajstić information content (AvgIpc) is 2.87. The van der Waals surface area contributed by atoms with Crippen LogP contribution in [0.2, 0.25) is 0 Å². The molecule has 122 valence electrons. The Balaban J connectivity index is 2.57. The van der Waals surface area contributed by atoms with E-state index in [2.05, 4.69) is 13.8 Å².